The molecule has 0 aliphatic rings. The Bertz CT molecular complexity index is 475. The number of rotatable bonds is 5. The lowest BCUT2D eigenvalue weighted by atomic mass is 10.2. The van der Waals surface area contributed by atoms with Crippen LogP contribution in [0.3, 0.4) is 0 Å². The molecule has 0 fully saturated rings. The number of nitrogen functional groups attached to an aromatic ring is 1. The summed E-state index contributed by atoms with van der Waals surface area (Å²) in [6.45, 7) is 4.20. The Balaban J connectivity index is 2.51. The van der Waals surface area contributed by atoms with Crippen LogP contribution in [-0.4, -0.2) is 25.0 Å². The van der Waals surface area contributed by atoms with E-state index < -0.39 is 5.97 Å². The Hall–Kier alpha value is -1.56. The fourth-order valence-electron chi connectivity index (χ4n) is 1.28. The summed E-state index contributed by atoms with van der Waals surface area (Å²) in [7, 11) is 0. The first kappa shape index (κ1) is 15.5. The fraction of sp³-hybridized carbons (Fsp3) is 0.385. The summed E-state index contributed by atoms with van der Waals surface area (Å²) < 4.78 is 5.63. The predicted octanol–water partition coefficient (Wildman–Crippen LogP) is 1.96. The number of ether oxygens (including phenoxy) is 1. The Morgan fingerprint density at radius 1 is 1.42 bits per heavy atom. The fourth-order valence-corrected chi connectivity index (χ4v) is 1.64. The van der Waals surface area contributed by atoms with Gasteiger partial charge in [0.05, 0.1) is 5.56 Å². The van der Waals surface area contributed by atoms with E-state index in [0.29, 0.717) is 18.2 Å². The number of benzene rings is 1. The van der Waals surface area contributed by atoms with Crippen LogP contribution < -0.4 is 11.1 Å². The second-order valence-corrected chi connectivity index (χ2v) is 5.42. The zero-order valence-electron chi connectivity index (χ0n) is 10.9. The summed E-state index contributed by atoms with van der Waals surface area (Å²) in [4.78, 5) is 23.2. The van der Waals surface area contributed by atoms with E-state index in [9.17, 15) is 9.59 Å². The molecule has 19 heavy (non-hydrogen) atoms. The molecule has 0 unspecified atom stereocenters. The number of anilines is 1. The highest BCUT2D eigenvalue weighted by molar-refractivity contribution is 9.10. The molecule has 0 saturated heterocycles. The van der Waals surface area contributed by atoms with E-state index >= 15 is 0 Å². The smallest absolute Gasteiger partial charge is 0.340 e. The third kappa shape index (κ3) is 5.30. The zero-order valence-corrected chi connectivity index (χ0v) is 12.5. The van der Waals surface area contributed by atoms with Gasteiger partial charge in [-0.1, -0.05) is 29.8 Å². The van der Waals surface area contributed by atoms with Gasteiger partial charge in [-0.3, -0.25) is 4.79 Å². The normalized spacial score (nSPS) is 10.3. The molecule has 0 bridgehead atoms. The SMILES string of the molecule is CC(C)CNC(=O)COC(=O)c1cc(Br)ccc1N. The van der Waals surface area contributed by atoms with Gasteiger partial charge in [0.2, 0.25) is 0 Å². The number of nitrogens with one attached hydrogen (secondary N) is 1. The molecule has 0 aliphatic carbocycles. The molecule has 1 aromatic carbocycles. The Labute approximate surface area is 120 Å². The van der Waals surface area contributed by atoms with Gasteiger partial charge >= 0.3 is 5.97 Å². The van der Waals surface area contributed by atoms with Gasteiger partial charge in [0.15, 0.2) is 6.61 Å². The Morgan fingerprint density at radius 2 is 2.11 bits per heavy atom. The maximum absolute atomic E-state index is 11.8. The van der Waals surface area contributed by atoms with Gasteiger partial charge in [0.1, 0.15) is 0 Å². The number of esters is 1. The van der Waals surface area contributed by atoms with Crippen LogP contribution in [0, 0.1) is 5.92 Å². The third-order valence-corrected chi connectivity index (χ3v) is 2.77. The van der Waals surface area contributed by atoms with Crippen molar-refractivity contribution in [2.24, 2.45) is 5.92 Å². The van der Waals surface area contributed by atoms with E-state index in [2.05, 4.69) is 21.2 Å². The van der Waals surface area contributed by atoms with Crippen molar-refractivity contribution in [3.63, 3.8) is 0 Å². The zero-order chi connectivity index (χ0) is 14.4. The van der Waals surface area contributed by atoms with Crippen molar-refractivity contribution in [1.29, 1.82) is 0 Å². The van der Waals surface area contributed by atoms with Crippen LogP contribution in [0.4, 0.5) is 5.69 Å². The summed E-state index contributed by atoms with van der Waals surface area (Å²) in [5.74, 6) is -0.588. The summed E-state index contributed by atoms with van der Waals surface area (Å²) in [5.41, 5.74) is 6.23. The number of amides is 1. The summed E-state index contributed by atoms with van der Waals surface area (Å²) in [5, 5.41) is 2.66. The Kier molecular flexibility index (Phi) is 5.82. The number of carbonyl (C=O) groups is 2. The van der Waals surface area contributed by atoms with Crippen molar-refractivity contribution < 1.29 is 14.3 Å². The van der Waals surface area contributed by atoms with Crippen LogP contribution in [-0.2, 0) is 9.53 Å². The number of nitrogens with two attached hydrogens (primary N) is 1. The molecule has 104 valence electrons. The molecule has 1 amide bonds. The van der Waals surface area contributed by atoms with E-state index in [0.717, 1.165) is 4.47 Å². The number of hydrogen-bond donors (Lipinski definition) is 2. The van der Waals surface area contributed by atoms with Crippen molar-refractivity contribution in [2.75, 3.05) is 18.9 Å². The molecule has 0 aliphatic heterocycles. The molecular formula is C13H17BrN2O3. The van der Waals surface area contributed by atoms with Crippen LogP contribution in [0.15, 0.2) is 22.7 Å². The molecule has 0 spiro atoms. The van der Waals surface area contributed by atoms with E-state index in [1.54, 1.807) is 18.2 Å². The molecule has 0 radical (unpaired) electrons. The summed E-state index contributed by atoms with van der Waals surface area (Å²) in [6.07, 6.45) is 0. The highest BCUT2D eigenvalue weighted by Gasteiger charge is 2.13. The lowest BCUT2D eigenvalue weighted by Crippen LogP contribution is -2.31. The Morgan fingerprint density at radius 3 is 2.74 bits per heavy atom. The number of halogens is 1. The van der Waals surface area contributed by atoms with Crippen molar-refractivity contribution in [3.8, 4) is 0 Å². The minimum atomic E-state index is -0.613. The van der Waals surface area contributed by atoms with E-state index in [4.69, 9.17) is 10.5 Å². The van der Waals surface area contributed by atoms with E-state index in [1.165, 1.54) is 0 Å². The summed E-state index contributed by atoms with van der Waals surface area (Å²) >= 11 is 3.24. The van der Waals surface area contributed by atoms with Gasteiger partial charge < -0.3 is 15.8 Å². The largest absolute Gasteiger partial charge is 0.452 e. The average molecular weight is 329 g/mol. The predicted molar refractivity (Wildman–Crippen MR) is 76.7 cm³/mol. The van der Waals surface area contributed by atoms with Crippen molar-refractivity contribution >= 4 is 33.5 Å². The van der Waals surface area contributed by atoms with Gasteiger partial charge in [-0.15, -0.1) is 0 Å². The molecule has 6 heteroatoms. The third-order valence-electron chi connectivity index (χ3n) is 2.28. The maximum Gasteiger partial charge on any atom is 0.340 e. The quantitative estimate of drug-likeness (QED) is 0.639. The molecule has 0 atom stereocenters. The van der Waals surface area contributed by atoms with Crippen molar-refractivity contribution in [3.05, 3.63) is 28.2 Å². The lowest BCUT2D eigenvalue weighted by Gasteiger charge is -2.09. The van der Waals surface area contributed by atoms with Gasteiger partial charge in [0, 0.05) is 16.7 Å². The van der Waals surface area contributed by atoms with Crippen LogP contribution in [0.5, 0.6) is 0 Å². The second-order valence-electron chi connectivity index (χ2n) is 4.51. The van der Waals surface area contributed by atoms with E-state index in [1.807, 2.05) is 13.8 Å². The van der Waals surface area contributed by atoms with Crippen LogP contribution in [0.25, 0.3) is 0 Å². The van der Waals surface area contributed by atoms with Crippen molar-refractivity contribution in [2.45, 2.75) is 13.8 Å². The van der Waals surface area contributed by atoms with Gasteiger partial charge in [-0.25, -0.2) is 4.79 Å². The standard InChI is InChI=1S/C13H17BrN2O3/c1-8(2)6-16-12(17)7-19-13(18)10-5-9(14)3-4-11(10)15/h3-5,8H,6-7,15H2,1-2H3,(H,16,17). The molecule has 0 heterocycles. The molecule has 5 nitrogen and oxygen atoms in total. The van der Waals surface area contributed by atoms with E-state index in [-0.39, 0.29) is 18.1 Å². The minimum absolute atomic E-state index is 0.242. The van der Waals surface area contributed by atoms with Crippen LogP contribution in [0.1, 0.15) is 24.2 Å². The highest BCUT2D eigenvalue weighted by Crippen LogP contribution is 2.19. The number of carbonyl (C=O) groups excluding carboxylic acids is 2. The first-order valence-corrected chi connectivity index (χ1v) is 6.68. The number of hydrogen-bond acceptors (Lipinski definition) is 4. The van der Waals surface area contributed by atoms with Crippen molar-refractivity contribution in [1.82, 2.24) is 5.32 Å². The lowest BCUT2D eigenvalue weighted by molar-refractivity contribution is -0.124. The average Bonchev–Trinajstić information content (AvgIpc) is 2.36. The molecule has 0 aromatic heterocycles. The molecule has 0 saturated carbocycles. The molecule has 1 aromatic rings. The van der Waals surface area contributed by atoms with Gasteiger partial charge in [-0.05, 0) is 24.1 Å². The molecule has 1 rings (SSSR count). The first-order chi connectivity index (χ1) is 8.90. The van der Waals surface area contributed by atoms with Gasteiger partial charge in [-0.2, -0.15) is 0 Å². The first-order valence-electron chi connectivity index (χ1n) is 5.89. The maximum atomic E-state index is 11.8. The summed E-state index contributed by atoms with van der Waals surface area (Å²) in [6, 6.07) is 4.88. The highest BCUT2D eigenvalue weighted by atomic mass is 79.9. The monoisotopic (exact) mass is 328 g/mol. The van der Waals surface area contributed by atoms with Crippen LogP contribution in [0.2, 0.25) is 0 Å². The molecular weight excluding hydrogens is 312 g/mol. The second kappa shape index (κ2) is 7.13. The van der Waals surface area contributed by atoms with Crippen LogP contribution >= 0.6 is 15.9 Å². The molecule has 3 N–H and O–H groups in total. The van der Waals surface area contributed by atoms with Gasteiger partial charge in [0.25, 0.3) is 5.91 Å². The topological polar surface area (TPSA) is 81.4 Å². The minimum Gasteiger partial charge on any atom is -0.452 e.